The number of sulfonamides is 1. The molecule has 0 fully saturated rings. The molecule has 1 N–H and O–H groups in total. The molecule has 2 amide bonds. The molecule has 0 saturated carbocycles. The van der Waals surface area contributed by atoms with Gasteiger partial charge < -0.3 is 24.4 Å². The summed E-state index contributed by atoms with van der Waals surface area (Å²) in [7, 11) is 0.960. The first kappa shape index (κ1) is 32.4. The number of benzene rings is 3. The molecule has 0 aliphatic heterocycles. The van der Waals surface area contributed by atoms with Gasteiger partial charge >= 0.3 is 0 Å². The number of amides is 2. The van der Waals surface area contributed by atoms with Gasteiger partial charge in [0.25, 0.3) is 0 Å². The molecule has 3 rings (SSSR count). The molecule has 0 bridgehead atoms. The van der Waals surface area contributed by atoms with Crippen LogP contribution in [0.25, 0.3) is 0 Å². The predicted octanol–water partition coefficient (Wildman–Crippen LogP) is 3.25. The van der Waals surface area contributed by atoms with Crippen LogP contribution in [0.3, 0.4) is 0 Å². The number of ether oxygens (including phenoxy) is 3. The summed E-state index contributed by atoms with van der Waals surface area (Å²) in [6.45, 7) is 1.69. The van der Waals surface area contributed by atoms with Crippen molar-refractivity contribution in [1.29, 1.82) is 0 Å². The van der Waals surface area contributed by atoms with Crippen LogP contribution in [0, 0.1) is 0 Å². The monoisotopic (exact) mass is 597 g/mol. The van der Waals surface area contributed by atoms with Gasteiger partial charge in [0.2, 0.25) is 21.8 Å². The molecular formula is C31H39N3O7S. The normalized spacial score (nSPS) is 12.0. The highest BCUT2D eigenvalue weighted by atomic mass is 32.2. The van der Waals surface area contributed by atoms with Crippen LogP contribution in [-0.2, 0) is 39.1 Å². The number of rotatable bonds is 15. The van der Waals surface area contributed by atoms with Crippen LogP contribution in [0.1, 0.15) is 23.6 Å². The fourth-order valence-electron chi connectivity index (χ4n) is 4.34. The fraction of sp³-hybridized carbons (Fsp3) is 0.355. The Kier molecular flexibility index (Phi) is 11.8. The van der Waals surface area contributed by atoms with Crippen molar-refractivity contribution in [2.75, 3.05) is 40.7 Å². The first-order valence-electron chi connectivity index (χ1n) is 13.5. The van der Waals surface area contributed by atoms with E-state index in [4.69, 9.17) is 14.2 Å². The summed E-state index contributed by atoms with van der Waals surface area (Å²) >= 11 is 0. The van der Waals surface area contributed by atoms with E-state index in [0.717, 1.165) is 27.3 Å². The van der Waals surface area contributed by atoms with Gasteiger partial charge in [-0.2, -0.15) is 4.31 Å². The minimum absolute atomic E-state index is 0.0354. The van der Waals surface area contributed by atoms with Crippen molar-refractivity contribution in [3.63, 3.8) is 0 Å². The molecule has 3 aromatic carbocycles. The summed E-state index contributed by atoms with van der Waals surface area (Å²) in [6, 6.07) is 20.9. The minimum Gasteiger partial charge on any atom is -0.497 e. The molecule has 0 spiro atoms. The maximum atomic E-state index is 13.7. The van der Waals surface area contributed by atoms with E-state index in [-0.39, 0.29) is 19.0 Å². The van der Waals surface area contributed by atoms with Gasteiger partial charge in [-0.15, -0.1) is 0 Å². The number of hydrogen-bond donors (Lipinski definition) is 1. The lowest BCUT2D eigenvalue weighted by molar-refractivity contribution is -0.140. The third-order valence-electron chi connectivity index (χ3n) is 6.82. The molecule has 0 saturated heterocycles. The number of carbonyl (C=O) groups excluding carboxylic acids is 2. The van der Waals surface area contributed by atoms with E-state index in [0.29, 0.717) is 30.2 Å². The standard InChI is InChI=1S/C31H39N3O7S/c1-23(31(36)32-18-17-24-13-16-28(40-3)29(19-24)41-4)34(21-26-11-14-27(39-2)15-12-26)30(35)22-33(42(5,37)38)20-25-9-7-6-8-10-25/h6-16,19,23H,17-18,20-22H2,1-5H3,(H,32,36). The maximum Gasteiger partial charge on any atom is 0.242 e. The van der Waals surface area contributed by atoms with Gasteiger partial charge in [-0.1, -0.05) is 48.5 Å². The Balaban J connectivity index is 1.76. The van der Waals surface area contributed by atoms with Crippen LogP contribution >= 0.6 is 0 Å². The van der Waals surface area contributed by atoms with E-state index in [1.54, 1.807) is 70.7 Å². The van der Waals surface area contributed by atoms with Gasteiger partial charge in [-0.25, -0.2) is 8.42 Å². The Morgan fingerprint density at radius 2 is 1.43 bits per heavy atom. The predicted molar refractivity (Wildman–Crippen MR) is 161 cm³/mol. The lowest BCUT2D eigenvalue weighted by Crippen LogP contribution is -2.51. The van der Waals surface area contributed by atoms with E-state index < -0.39 is 28.5 Å². The Bertz CT molecular complexity index is 1430. The molecule has 10 nitrogen and oxygen atoms in total. The third kappa shape index (κ3) is 9.22. The Morgan fingerprint density at radius 1 is 0.810 bits per heavy atom. The number of hydrogen-bond acceptors (Lipinski definition) is 7. The summed E-state index contributed by atoms with van der Waals surface area (Å²) < 4.78 is 42.2. The van der Waals surface area contributed by atoms with Gasteiger partial charge in [0.1, 0.15) is 11.8 Å². The Labute approximate surface area is 248 Å². The van der Waals surface area contributed by atoms with Gasteiger partial charge in [-0.05, 0) is 54.3 Å². The molecule has 42 heavy (non-hydrogen) atoms. The zero-order chi connectivity index (χ0) is 30.7. The van der Waals surface area contributed by atoms with Crippen molar-refractivity contribution >= 4 is 21.8 Å². The van der Waals surface area contributed by atoms with E-state index in [2.05, 4.69) is 5.32 Å². The van der Waals surface area contributed by atoms with Gasteiger partial charge in [-0.3, -0.25) is 9.59 Å². The molecule has 0 aromatic heterocycles. The van der Waals surface area contributed by atoms with E-state index in [9.17, 15) is 18.0 Å². The average molecular weight is 598 g/mol. The third-order valence-corrected chi connectivity index (χ3v) is 8.02. The average Bonchev–Trinajstić information content (AvgIpc) is 2.99. The van der Waals surface area contributed by atoms with Gasteiger partial charge in [0.15, 0.2) is 11.5 Å². The maximum absolute atomic E-state index is 13.7. The number of nitrogens with one attached hydrogen (secondary N) is 1. The van der Waals surface area contributed by atoms with Gasteiger partial charge in [0, 0.05) is 19.6 Å². The quantitative estimate of drug-likeness (QED) is 0.286. The molecule has 11 heteroatoms. The van der Waals surface area contributed by atoms with Crippen molar-refractivity contribution in [3.05, 3.63) is 89.5 Å². The number of nitrogens with zero attached hydrogens (tertiary/aromatic N) is 2. The second kappa shape index (κ2) is 15.2. The van der Waals surface area contributed by atoms with Crippen molar-refractivity contribution < 1.29 is 32.2 Å². The van der Waals surface area contributed by atoms with Crippen LogP contribution in [0.4, 0.5) is 0 Å². The highest BCUT2D eigenvalue weighted by molar-refractivity contribution is 7.88. The lowest BCUT2D eigenvalue weighted by atomic mass is 10.1. The largest absolute Gasteiger partial charge is 0.497 e. The van der Waals surface area contributed by atoms with E-state index >= 15 is 0 Å². The lowest BCUT2D eigenvalue weighted by Gasteiger charge is -2.31. The van der Waals surface area contributed by atoms with Crippen LogP contribution in [0.2, 0.25) is 0 Å². The van der Waals surface area contributed by atoms with Crippen molar-refractivity contribution in [2.24, 2.45) is 0 Å². The topological polar surface area (TPSA) is 114 Å². The summed E-state index contributed by atoms with van der Waals surface area (Å²) in [5.74, 6) is 1.02. The van der Waals surface area contributed by atoms with E-state index in [1.165, 1.54) is 4.90 Å². The number of methoxy groups -OCH3 is 3. The van der Waals surface area contributed by atoms with Crippen LogP contribution in [0.5, 0.6) is 17.2 Å². The molecule has 0 aliphatic carbocycles. The van der Waals surface area contributed by atoms with Crippen molar-refractivity contribution in [2.45, 2.75) is 32.5 Å². The summed E-state index contributed by atoms with van der Waals surface area (Å²) in [5, 5.41) is 2.90. The van der Waals surface area contributed by atoms with Crippen molar-refractivity contribution in [3.8, 4) is 17.2 Å². The molecule has 3 aromatic rings. The minimum atomic E-state index is -3.73. The Hall–Kier alpha value is -4.09. The van der Waals surface area contributed by atoms with Crippen molar-refractivity contribution in [1.82, 2.24) is 14.5 Å². The summed E-state index contributed by atoms with van der Waals surface area (Å²) in [6.07, 6.45) is 1.60. The second-order valence-electron chi connectivity index (χ2n) is 9.79. The molecule has 0 radical (unpaired) electrons. The zero-order valence-electron chi connectivity index (χ0n) is 24.7. The van der Waals surface area contributed by atoms with Crippen LogP contribution < -0.4 is 19.5 Å². The molecule has 226 valence electrons. The Morgan fingerprint density at radius 3 is 2.02 bits per heavy atom. The molecule has 0 heterocycles. The van der Waals surface area contributed by atoms with Gasteiger partial charge in [0.05, 0.1) is 34.1 Å². The number of carbonyl (C=O) groups is 2. The smallest absolute Gasteiger partial charge is 0.242 e. The molecule has 1 unspecified atom stereocenters. The highest BCUT2D eigenvalue weighted by Gasteiger charge is 2.30. The molecular weight excluding hydrogens is 558 g/mol. The first-order valence-corrected chi connectivity index (χ1v) is 15.3. The molecule has 1 atom stereocenters. The van der Waals surface area contributed by atoms with Crippen LogP contribution in [-0.4, -0.2) is 76.2 Å². The van der Waals surface area contributed by atoms with Crippen LogP contribution in [0.15, 0.2) is 72.8 Å². The highest BCUT2D eigenvalue weighted by Crippen LogP contribution is 2.27. The second-order valence-corrected chi connectivity index (χ2v) is 11.8. The summed E-state index contributed by atoms with van der Waals surface area (Å²) in [5.41, 5.74) is 2.46. The fourth-order valence-corrected chi connectivity index (χ4v) is 5.07. The molecule has 0 aliphatic rings. The zero-order valence-corrected chi connectivity index (χ0v) is 25.5. The van der Waals surface area contributed by atoms with E-state index in [1.807, 2.05) is 30.3 Å². The SMILES string of the molecule is COc1ccc(CN(C(=O)CN(Cc2ccccc2)S(C)(=O)=O)C(C)C(=O)NCCc2ccc(OC)c(OC)c2)cc1. The summed E-state index contributed by atoms with van der Waals surface area (Å²) in [4.78, 5) is 28.3. The first-order chi connectivity index (χ1) is 20.0.